The van der Waals surface area contributed by atoms with Crippen molar-refractivity contribution in [2.45, 2.75) is 33.1 Å². The van der Waals surface area contributed by atoms with Crippen molar-refractivity contribution in [1.82, 2.24) is 15.0 Å². The summed E-state index contributed by atoms with van der Waals surface area (Å²) >= 11 is 1.23. The van der Waals surface area contributed by atoms with Gasteiger partial charge in [-0.15, -0.1) is 11.3 Å². The molecule has 7 nitrogen and oxygen atoms in total. The van der Waals surface area contributed by atoms with E-state index in [0.717, 1.165) is 11.0 Å². The monoisotopic (exact) mass is 451 g/mol. The second kappa shape index (κ2) is 8.88. The Bertz CT molecular complexity index is 1080. The molecule has 0 unspecified atom stereocenters. The van der Waals surface area contributed by atoms with Gasteiger partial charge in [-0.3, -0.25) is 9.78 Å². The average Bonchev–Trinajstić information content (AvgIpc) is 3.15. The van der Waals surface area contributed by atoms with Crippen LogP contribution in [0, 0.1) is 0 Å². The number of ether oxygens (including phenoxy) is 1. The summed E-state index contributed by atoms with van der Waals surface area (Å²) in [5, 5.41) is 5.04. The van der Waals surface area contributed by atoms with Gasteiger partial charge in [-0.2, -0.15) is 13.2 Å². The minimum atomic E-state index is -4.58. The summed E-state index contributed by atoms with van der Waals surface area (Å²) in [4.78, 5) is 25.5. The fourth-order valence-electron chi connectivity index (χ4n) is 2.58. The van der Waals surface area contributed by atoms with Crippen LogP contribution in [-0.2, 0) is 11.0 Å². The molecule has 3 aromatic rings. The lowest BCUT2D eigenvalue weighted by atomic mass is 10.2. The maximum atomic E-state index is 13.1. The third kappa shape index (κ3) is 5.48. The lowest BCUT2D eigenvalue weighted by Gasteiger charge is -2.20. The molecule has 0 saturated carbocycles. The van der Waals surface area contributed by atoms with Gasteiger partial charge in [0, 0.05) is 37.8 Å². The van der Waals surface area contributed by atoms with Gasteiger partial charge < -0.3 is 15.0 Å². The largest absolute Gasteiger partial charge is 0.491 e. The van der Waals surface area contributed by atoms with E-state index in [2.05, 4.69) is 20.3 Å². The highest BCUT2D eigenvalue weighted by Gasteiger charge is 2.32. The topological polar surface area (TPSA) is 80.2 Å². The van der Waals surface area contributed by atoms with Crippen LogP contribution in [0.1, 0.15) is 26.3 Å². The van der Waals surface area contributed by atoms with Crippen molar-refractivity contribution in [3.8, 4) is 17.1 Å². The first kappa shape index (κ1) is 22.5. The van der Waals surface area contributed by atoms with Crippen LogP contribution < -0.4 is 15.0 Å². The summed E-state index contributed by atoms with van der Waals surface area (Å²) < 4.78 is 45.0. The zero-order valence-electron chi connectivity index (χ0n) is 17.2. The molecule has 0 aliphatic carbocycles. The highest BCUT2D eigenvalue weighted by Crippen LogP contribution is 2.36. The molecule has 3 aromatic heterocycles. The Morgan fingerprint density at radius 1 is 1.23 bits per heavy atom. The van der Waals surface area contributed by atoms with Crippen molar-refractivity contribution in [3.63, 3.8) is 0 Å². The van der Waals surface area contributed by atoms with Crippen LogP contribution in [-0.4, -0.2) is 34.0 Å². The average molecular weight is 451 g/mol. The fraction of sp³-hybridized carbons (Fsp3) is 0.300. The number of halogens is 3. The van der Waals surface area contributed by atoms with Crippen molar-refractivity contribution in [1.29, 1.82) is 0 Å². The van der Waals surface area contributed by atoms with E-state index >= 15 is 0 Å². The van der Waals surface area contributed by atoms with E-state index in [9.17, 15) is 18.0 Å². The van der Waals surface area contributed by atoms with Crippen LogP contribution in [0.25, 0.3) is 11.4 Å². The molecule has 31 heavy (non-hydrogen) atoms. The zero-order valence-corrected chi connectivity index (χ0v) is 18.0. The molecule has 0 spiro atoms. The number of hydrogen-bond donors (Lipinski definition) is 1. The van der Waals surface area contributed by atoms with E-state index in [1.54, 1.807) is 23.7 Å². The summed E-state index contributed by atoms with van der Waals surface area (Å²) in [6.45, 7) is 5.08. The lowest BCUT2D eigenvalue weighted by molar-refractivity contribution is -0.137. The summed E-state index contributed by atoms with van der Waals surface area (Å²) in [7, 11) is 1.38. The van der Waals surface area contributed by atoms with E-state index in [1.165, 1.54) is 25.3 Å². The SMILES string of the molecule is CC(=O)N(C)c1cc(C(F)(F)F)cnc1Nc1nc(-c2cc(OC(C)C)ccn2)cs1. The van der Waals surface area contributed by atoms with E-state index < -0.39 is 17.6 Å². The van der Waals surface area contributed by atoms with Crippen molar-refractivity contribution in [3.05, 3.63) is 41.5 Å². The molecule has 3 rings (SSSR count). The molecule has 11 heteroatoms. The van der Waals surface area contributed by atoms with Gasteiger partial charge in [0.05, 0.1) is 23.0 Å². The van der Waals surface area contributed by atoms with Crippen LogP contribution in [0.5, 0.6) is 5.75 Å². The summed E-state index contributed by atoms with van der Waals surface area (Å²) in [5.41, 5.74) is 0.190. The Hall–Kier alpha value is -3.21. The van der Waals surface area contributed by atoms with Crippen LogP contribution in [0.15, 0.2) is 36.0 Å². The molecule has 0 radical (unpaired) electrons. The number of amides is 1. The van der Waals surface area contributed by atoms with Gasteiger partial charge in [0.2, 0.25) is 5.91 Å². The Balaban J connectivity index is 1.90. The number of aromatic nitrogens is 3. The Labute approximate surface area is 180 Å². The number of alkyl halides is 3. The van der Waals surface area contributed by atoms with E-state index in [0.29, 0.717) is 28.5 Å². The van der Waals surface area contributed by atoms with E-state index in [1.807, 2.05) is 13.8 Å². The van der Waals surface area contributed by atoms with Crippen molar-refractivity contribution >= 4 is 33.9 Å². The normalized spacial score (nSPS) is 11.5. The van der Waals surface area contributed by atoms with Gasteiger partial charge in [-0.1, -0.05) is 0 Å². The number of pyridine rings is 2. The van der Waals surface area contributed by atoms with Gasteiger partial charge in [0.15, 0.2) is 10.9 Å². The molecule has 3 heterocycles. The van der Waals surface area contributed by atoms with Crippen LogP contribution in [0.2, 0.25) is 0 Å². The summed E-state index contributed by atoms with van der Waals surface area (Å²) in [5.74, 6) is 0.295. The van der Waals surface area contributed by atoms with E-state index in [-0.39, 0.29) is 17.6 Å². The molecule has 1 N–H and O–H groups in total. The minimum absolute atomic E-state index is 0.00495. The van der Waals surface area contributed by atoms with Gasteiger partial charge in [-0.25, -0.2) is 9.97 Å². The Morgan fingerprint density at radius 2 is 1.97 bits per heavy atom. The van der Waals surface area contributed by atoms with Crippen LogP contribution >= 0.6 is 11.3 Å². The van der Waals surface area contributed by atoms with E-state index in [4.69, 9.17) is 4.74 Å². The third-order valence-electron chi connectivity index (χ3n) is 4.12. The molecule has 0 aromatic carbocycles. The molecular weight excluding hydrogens is 431 g/mol. The lowest BCUT2D eigenvalue weighted by Crippen LogP contribution is -2.24. The van der Waals surface area contributed by atoms with Gasteiger partial charge in [0.25, 0.3) is 0 Å². The van der Waals surface area contributed by atoms with Gasteiger partial charge in [0.1, 0.15) is 11.4 Å². The molecule has 164 valence electrons. The predicted molar refractivity (Wildman–Crippen MR) is 113 cm³/mol. The number of thiazole rings is 1. The molecule has 0 bridgehead atoms. The number of hydrogen-bond acceptors (Lipinski definition) is 7. The van der Waals surface area contributed by atoms with Crippen molar-refractivity contribution < 1.29 is 22.7 Å². The second-order valence-electron chi connectivity index (χ2n) is 6.87. The number of carbonyl (C=O) groups excluding carboxylic acids is 1. The first-order valence-corrected chi connectivity index (χ1v) is 10.1. The molecule has 0 aliphatic heterocycles. The Kier molecular flexibility index (Phi) is 6.44. The Morgan fingerprint density at radius 3 is 2.61 bits per heavy atom. The number of anilines is 3. The third-order valence-corrected chi connectivity index (χ3v) is 4.88. The highest BCUT2D eigenvalue weighted by atomic mass is 32.1. The summed E-state index contributed by atoms with van der Waals surface area (Å²) in [6.07, 6.45) is -2.26. The predicted octanol–water partition coefficient (Wildman–Crippen LogP) is 5.13. The second-order valence-corrected chi connectivity index (χ2v) is 7.73. The fourth-order valence-corrected chi connectivity index (χ4v) is 3.28. The maximum Gasteiger partial charge on any atom is 0.417 e. The number of carbonyl (C=O) groups is 1. The van der Waals surface area contributed by atoms with Crippen LogP contribution in [0.3, 0.4) is 0 Å². The quantitative estimate of drug-likeness (QED) is 0.560. The smallest absolute Gasteiger partial charge is 0.417 e. The zero-order chi connectivity index (χ0) is 22.8. The molecule has 0 saturated heterocycles. The van der Waals surface area contributed by atoms with Gasteiger partial charge >= 0.3 is 6.18 Å². The standard InChI is InChI=1S/C20H20F3N5O2S/c1-11(2)30-14-5-6-24-15(8-14)16-10-31-19(26-16)27-18-17(28(4)12(3)29)7-13(9-25-18)20(21,22)23/h5-11H,1-4H3,(H,25,26,27). The summed E-state index contributed by atoms with van der Waals surface area (Å²) in [6, 6.07) is 4.37. The van der Waals surface area contributed by atoms with Gasteiger partial charge in [-0.05, 0) is 26.0 Å². The minimum Gasteiger partial charge on any atom is -0.491 e. The highest BCUT2D eigenvalue weighted by molar-refractivity contribution is 7.14. The number of rotatable bonds is 6. The maximum absolute atomic E-state index is 13.1. The molecule has 0 aliphatic rings. The number of nitrogens with zero attached hydrogens (tertiary/aromatic N) is 4. The first-order valence-electron chi connectivity index (χ1n) is 9.21. The molecular formula is C20H20F3N5O2S. The van der Waals surface area contributed by atoms with Crippen LogP contribution in [0.4, 0.5) is 29.8 Å². The molecule has 0 fully saturated rings. The van der Waals surface area contributed by atoms with Crippen molar-refractivity contribution in [2.75, 3.05) is 17.3 Å². The number of nitrogens with one attached hydrogen (secondary N) is 1. The molecule has 0 atom stereocenters. The molecule has 1 amide bonds. The van der Waals surface area contributed by atoms with Crippen molar-refractivity contribution in [2.24, 2.45) is 0 Å². The first-order chi connectivity index (χ1) is 14.5.